The second-order valence-corrected chi connectivity index (χ2v) is 17.2. The van der Waals surface area contributed by atoms with Gasteiger partial charge in [0, 0.05) is 6.42 Å². The molecule has 2 atom stereocenters. The molecule has 0 aliphatic heterocycles. The number of unbranched alkanes of at least 4 members (excludes halogenated alkanes) is 19. The van der Waals surface area contributed by atoms with Crippen molar-refractivity contribution in [3.63, 3.8) is 0 Å². The fourth-order valence-corrected chi connectivity index (χ4v) is 7.27. The standard InChI is InChI=1S/C59H99NO3/c1-3-5-7-9-11-13-15-16-17-18-19-20-21-22-23-24-25-26-27-28-29-30-31-32-33-34-35-36-37-38-39-40-41-42-43-44-45-47-49-51-53-55-59(63)60-57(56-61)58(62)54-52-50-48-46-14-12-10-8-6-4-2/h5,7,11,13,16-17,19-20,22-23,25-26,28-29,31-32,34-35,37-38,57-58,61-62H,3-4,6,8-10,12,14-15,18,21,24,27,30,33,36,39-56H2,1-2H3,(H,60,63)/b7-5-,13-11-,17-16-,20-19-,23-22-,26-25-,29-28-,32-31-,35-34-,38-37-. The van der Waals surface area contributed by atoms with Crippen molar-refractivity contribution < 1.29 is 15.0 Å². The van der Waals surface area contributed by atoms with Crippen LogP contribution in [0.2, 0.25) is 0 Å². The lowest BCUT2D eigenvalue weighted by Crippen LogP contribution is -2.45. The van der Waals surface area contributed by atoms with Crippen LogP contribution in [0.5, 0.6) is 0 Å². The van der Waals surface area contributed by atoms with Crippen molar-refractivity contribution in [2.75, 3.05) is 6.61 Å². The Hall–Kier alpha value is -3.21. The fraction of sp³-hybridized carbons (Fsp3) is 0.644. The Morgan fingerprint density at radius 1 is 0.397 bits per heavy atom. The van der Waals surface area contributed by atoms with E-state index in [0.717, 1.165) is 89.9 Å². The van der Waals surface area contributed by atoms with Crippen molar-refractivity contribution in [3.05, 3.63) is 122 Å². The molecule has 2 unspecified atom stereocenters. The second-order valence-electron chi connectivity index (χ2n) is 17.2. The van der Waals surface area contributed by atoms with Crippen LogP contribution in [0.25, 0.3) is 0 Å². The van der Waals surface area contributed by atoms with Gasteiger partial charge < -0.3 is 15.5 Å². The molecule has 4 nitrogen and oxygen atoms in total. The van der Waals surface area contributed by atoms with Gasteiger partial charge in [-0.3, -0.25) is 4.79 Å². The Labute approximate surface area is 390 Å². The predicted molar refractivity (Wildman–Crippen MR) is 280 cm³/mol. The number of carbonyl (C=O) groups is 1. The van der Waals surface area contributed by atoms with Gasteiger partial charge in [-0.05, 0) is 89.9 Å². The molecule has 0 aromatic heterocycles. The first-order chi connectivity index (χ1) is 31.2. The van der Waals surface area contributed by atoms with Crippen LogP contribution in [0.4, 0.5) is 0 Å². The van der Waals surface area contributed by atoms with Gasteiger partial charge in [-0.2, -0.15) is 0 Å². The zero-order valence-corrected chi connectivity index (χ0v) is 41.0. The lowest BCUT2D eigenvalue weighted by Gasteiger charge is -2.22. The quantitative estimate of drug-likeness (QED) is 0.0422. The van der Waals surface area contributed by atoms with Crippen molar-refractivity contribution >= 4 is 5.91 Å². The summed E-state index contributed by atoms with van der Waals surface area (Å²) in [5.41, 5.74) is 0. The van der Waals surface area contributed by atoms with E-state index in [1.54, 1.807) is 0 Å². The van der Waals surface area contributed by atoms with Crippen LogP contribution in [0.1, 0.15) is 226 Å². The largest absolute Gasteiger partial charge is 0.394 e. The number of amides is 1. The molecule has 0 aromatic carbocycles. The average molecular weight is 870 g/mol. The van der Waals surface area contributed by atoms with E-state index in [9.17, 15) is 15.0 Å². The van der Waals surface area contributed by atoms with Crippen molar-refractivity contribution in [1.82, 2.24) is 5.32 Å². The lowest BCUT2D eigenvalue weighted by molar-refractivity contribution is -0.123. The molecule has 0 aliphatic rings. The van der Waals surface area contributed by atoms with Crippen molar-refractivity contribution in [2.24, 2.45) is 0 Å². The molecule has 0 fully saturated rings. The number of carbonyl (C=O) groups excluding carboxylic acids is 1. The van der Waals surface area contributed by atoms with E-state index in [1.165, 1.54) is 109 Å². The number of nitrogens with one attached hydrogen (secondary N) is 1. The molecule has 3 N–H and O–H groups in total. The third kappa shape index (κ3) is 49.7. The Balaban J connectivity index is 3.59. The summed E-state index contributed by atoms with van der Waals surface area (Å²) in [5, 5.41) is 23.1. The highest BCUT2D eigenvalue weighted by Crippen LogP contribution is 2.15. The number of aliphatic hydroxyl groups is 2. The molecule has 0 saturated carbocycles. The van der Waals surface area contributed by atoms with Gasteiger partial charge in [0.15, 0.2) is 0 Å². The molecule has 0 spiro atoms. The van der Waals surface area contributed by atoms with Crippen LogP contribution >= 0.6 is 0 Å². The summed E-state index contributed by atoms with van der Waals surface area (Å²) in [5.74, 6) is -0.0429. The molecule has 358 valence electrons. The molecule has 0 radical (unpaired) electrons. The van der Waals surface area contributed by atoms with Crippen molar-refractivity contribution in [2.45, 2.75) is 238 Å². The maximum Gasteiger partial charge on any atom is 0.220 e. The van der Waals surface area contributed by atoms with Crippen LogP contribution in [0.3, 0.4) is 0 Å². The Morgan fingerprint density at radius 2 is 0.698 bits per heavy atom. The highest BCUT2D eigenvalue weighted by molar-refractivity contribution is 5.76. The highest BCUT2D eigenvalue weighted by atomic mass is 16.3. The SMILES string of the molecule is CC/C=C\C/C=C\C/C=C\C/C=C\C/C=C\C/C=C\C/C=C\C/C=C\C/C=C\C/C=C\CCCCCCCCCCCCC(=O)NC(CO)C(O)CCCCCCCCCCCC. The van der Waals surface area contributed by atoms with Crippen LogP contribution in [-0.2, 0) is 4.79 Å². The first-order valence-corrected chi connectivity index (χ1v) is 26.2. The van der Waals surface area contributed by atoms with E-state index in [4.69, 9.17) is 0 Å². The maximum atomic E-state index is 12.4. The summed E-state index contributed by atoms with van der Waals surface area (Å²) in [4.78, 5) is 12.4. The summed E-state index contributed by atoms with van der Waals surface area (Å²) >= 11 is 0. The first-order valence-electron chi connectivity index (χ1n) is 26.2. The molecular formula is C59H99NO3. The van der Waals surface area contributed by atoms with Crippen LogP contribution in [0.15, 0.2) is 122 Å². The molecule has 0 rings (SSSR count). The van der Waals surface area contributed by atoms with Crippen LogP contribution in [-0.4, -0.2) is 34.9 Å². The Bertz CT molecular complexity index is 1260. The van der Waals surface area contributed by atoms with Gasteiger partial charge in [0.2, 0.25) is 5.91 Å². The molecule has 0 heterocycles. The summed E-state index contributed by atoms with van der Waals surface area (Å²) < 4.78 is 0. The minimum atomic E-state index is -0.666. The molecule has 1 amide bonds. The van der Waals surface area contributed by atoms with Crippen LogP contribution in [0, 0.1) is 0 Å². The third-order valence-corrected chi connectivity index (χ3v) is 11.2. The lowest BCUT2D eigenvalue weighted by atomic mass is 10.0. The van der Waals surface area contributed by atoms with E-state index < -0.39 is 12.1 Å². The number of hydrogen-bond donors (Lipinski definition) is 3. The molecule has 4 heteroatoms. The molecule has 0 aliphatic carbocycles. The molecule has 63 heavy (non-hydrogen) atoms. The third-order valence-electron chi connectivity index (χ3n) is 11.2. The van der Waals surface area contributed by atoms with Gasteiger partial charge in [-0.25, -0.2) is 0 Å². The second kappa shape index (κ2) is 53.1. The minimum Gasteiger partial charge on any atom is -0.394 e. The fourth-order valence-electron chi connectivity index (χ4n) is 7.27. The van der Waals surface area contributed by atoms with Gasteiger partial charge >= 0.3 is 0 Å². The van der Waals surface area contributed by atoms with E-state index in [0.29, 0.717) is 12.8 Å². The van der Waals surface area contributed by atoms with Crippen molar-refractivity contribution in [1.29, 1.82) is 0 Å². The van der Waals surface area contributed by atoms with Gasteiger partial charge in [0.05, 0.1) is 18.8 Å². The monoisotopic (exact) mass is 870 g/mol. The van der Waals surface area contributed by atoms with Gasteiger partial charge in [-0.15, -0.1) is 0 Å². The smallest absolute Gasteiger partial charge is 0.220 e. The Kier molecular flexibility index (Phi) is 50.4. The first kappa shape index (κ1) is 59.8. The number of allylic oxidation sites excluding steroid dienone is 20. The highest BCUT2D eigenvalue weighted by Gasteiger charge is 2.20. The average Bonchev–Trinajstić information content (AvgIpc) is 3.29. The van der Waals surface area contributed by atoms with Crippen LogP contribution < -0.4 is 5.32 Å². The molecule has 0 bridgehead atoms. The summed E-state index contributed by atoms with van der Waals surface area (Å²) in [6, 6.07) is -0.544. The molecular weight excluding hydrogens is 771 g/mol. The number of hydrogen-bond acceptors (Lipinski definition) is 3. The predicted octanol–water partition coefficient (Wildman–Crippen LogP) is 17.3. The van der Waals surface area contributed by atoms with E-state index in [-0.39, 0.29) is 12.5 Å². The number of aliphatic hydroxyl groups excluding tert-OH is 2. The minimum absolute atomic E-state index is 0.0429. The van der Waals surface area contributed by atoms with Gasteiger partial charge in [0.1, 0.15) is 0 Å². The zero-order valence-electron chi connectivity index (χ0n) is 41.0. The topological polar surface area (TPSA) is 69.6 Å². The van der Waals surface area contributed by atoms with Gasteiger partial charge in [-0.1, -0.05) is 251 Å². The molecule has 0 saturated heterocycles. The summed E-state index contributed by atoms with van der Waals surface area (Å²) in [6.07, 6.45) is 81.7. The normalized spacial score (nSPS) is 13.9. The Morgan fingerprint density at radius 3 is 1.05 bits per heavy atom. The van der Waals surface area contributed by atoms with Crippen molar-refractivity contribution in [3.8, 4) is 0 Å². The summed E-state index contributed by atoms with van der Waals surface area (Å²) in [7, 11) is 0. The summed E-state index contributed by atoms with van der Waals surface area (Å²) in [6.45, 7) is 4.22. The number of rotatable bonds is 46. The van der Waals surface area contributed by atoms with E-state index in [2.05, 4.69) is 141 Å². The van der Waals surface area contributed by atoms with Gasteiger partial charge in [0.25, 0.3) is 0 Å². The molecule has 0 aromatic rings. The zero-order chi connectivity index (χ0) is 45.6. The maximum absolute atomic E-state index is 12.4. The van der Waals surface area contributed by atoms with E-state index in [1.807, 2.05) is 0 Å². The van der Waals surface area contributed by atoms with E-state index >= 15 is 0 Å².